The molecule has 2 rings (SSSR count). The number of rotatable bonds is 6. The van der Waals surface area contributed by atoms with E-state index in [1.807, 2.05) is 56.0 Å². The first-order valence-electron chi connectivity index (χ1n) is 7.63. The number of nitrogens with one attached hydrogen (secondary N) is 2. The van der Waals surface area contributed by atoms with Crippen molar-refractivity contribution in [3.63, 3.8) is 0 Å². The highest BCUT2D eigenvalue weighted by Crippen LogP contribution is 2.11. The zero-order valence-electron chi connectivity index (χ0n) is 13.9. The van der Waals surface area contributed by atoms with Gasteiger partial charge in [0.1, 0.15) is 6.04 Å². The average molecular weight is 333 g/mol. The van der Waals surface area contributed by atoms with Crippen LogP contribution in [0.15, 0.2) is 29.6 Å². The Kier molecular flexibility index (Phi) is 5.60. The van der Waals surface area contributed by atoms with E-state index >= 15 is 0 Å². The summed E-state index contributed by atoms with van der Waals surface area (Å²) in [7, 11) is 1.97. The second kappa shape index (κ2) is 7.46. The highest BCUT2D eigenvalue weighted by molar-refractivity contribution is 7.12. The van der Waals surface area contributed by atoms with Crippen LogP contribution >= 0.6 is 11.3 Å². The molecule has 0 aliphatic carbocycles. The van der Waals surface area contributed by atoms with Gasteiger partial charge in [-0.15, -0.1) is 11.3 Å². The zero-order valence-corrected chi connectivity index (χ0v) is 14.7. The fraction of sp³-hybridized carbons (Fsp3) is 0.412. The Labute approximate surface area is 140 Å². The second-order valence-electron chi connectivity index (χ2n) is 5.92. The Morgan fingerprint density at radius 3 is 2.52 bits per heavy atom. The van der Waals surface area contributed by atoms with Crippen molar-refractivity contribution in [2.75, 3.05) is 0 Å². The molecule has 0 aromatic carbocycles. The van der Waals surface area contributed by atoms with Gasteiger partial charge in [-0.2, -0.15) is 0 Å². The maximum Gasteiger partial charge on any atom is 0.262 e. The standard InChI is InChI=1S/C17H23N3O2S/c1-11(2)15(19-16(21)14-6-5-9-23-14)17(22)18-10-13-8-7-12(3)20(13)4/h5-9,11,15H,10H2,1-4H3,(H,18,22)(H,19,21)/t15-/m0/s1. The lowest BCUT2D eigenvalue weighted by atomic mass is 10.0. The van der Waals surface area contributed by atoms with E-state index in [0.29, 0.717) is 11.4 Å². The third-order valence-electron chi connectivity index (χ3n) is 3.90. The maximum absolute atomic E-state index is 12.4. The van der Waals surface area contributed by atoms with Gasteiger partial charge in [0, 0.05) is 18.4 Å². The van der Waals surface area contributed by atoms with Gasteiger partial charge in [-0.05, 0) is 36.4 Å². The lowest BCUT2D eigenvalue weighted by Crippen LogP contribution is -2.49. The number of carbonyl (C=O) groups is 2. The molecule has 23 heavy (non-hydrogen) atoms. The van der Waals surface area contributed by atoms with Crippen molar-refractivity contribution >= 4 is 23.2 Å². The van der Waals surface area contributed by atoms with Crippen LogP contribution in [-0.4, -0.2) is 22.4 Å². The SMILES string of the molecule is Cc1ccc(CNC(=O)[C@@H](NC(=O)c2cccs2)C(C)C)n1C. The second-order valence-corrected chi connectivity index (χ2v) is 6.86. The van der Waals surface area contributed by atoms with Crippen LogP contribution in [0.1, 0.15) is 34.9 Å². The summed E-state index contributed by atoms with van der Waals surface area (Å²) in [4.78, 5) is 25.2. The number of hydrogen-bond donors (Lipinski definition) is 2. The van der Waals surface area contributed by atoms with E-state index in [4.69, 9.17) is 0 Å². The molecule has 0 saturated heterocycles. The fourth-order valence-corrected chi connectivity index (χ4v) is 2.91. The molecule has 0 unspecified atom stereocenters. The van der Waals surface area contributed by atoms with Gasteiger partial charge >= 0.3 is 0 Å². The van der Waals surface area contributed by atoms with Gasteiger partial charge in [0.2, 0.25) is 5.91 Å². The van der Waals surface area contributed by atoms with Crippen molar-refractivity contribution in [2.24, 2.45) is 13.0 Å². The maximum atomic E-state index is 12.4. The number of hydrogen-bond acceptors (Lipinski definition) is 3. The topological polar surface area (TPSA) is 63.1 Å². The van der Waals surface area contributed by atoms with Crippen LogP contribution in [0.3, 0.4) is 0 Å². The van der Waals surface area contributed by atoms with Crippen molar-refractivity contribution in [3.05, 3.63) is 45.9 Å². The van der Waals surface area contributed by atoms with Crippen LogP contribution in [-0.2, 0) is 18.4 Å². The normalized spacial score (nSPS) is 12.2. The molecule has 0 bridgehead atoms. The highest BCUT2D eigenvalue weighted by atomic mass is 32.1. The van der Waals surface area contributed by atoms with Crippen molar-refractivity contribution < 1.29 is 9.59 Å². The number of thiophene rings is 1. The summed E-state index contributed by atoms with van der Waals surface area (Å²) in [6.07, 6.45) is 0. The third kappa shape index (κ3) is 4.22. The molecule has 2 N–H and O–H groups in total. The number of nitrogens with zero attached hydrogens (tertiary/aromatic N) is 1. The van der Waals surface area contributed by atoms with E-state index in [0.717, 1.165) is 11.4 Å². The molecule has 2 aromatic heterocycles. The van der Waals surface area contributed by atoms with Gasteiger partial charge in [-0.25, -0.2) is 0 Å². The minimum absolute atomic E-state index is 0.00839. The van der Waals surface area contributed by atoms with E-state index in [2.05, 4.69) is 10.6 Å². The number of aromatic nitrogens is 1. The molecule has 2 aromatic rings. The van der Waals surface area contributed by atoms with E-state index in [-0.39, 0.29) is 17.7 Å². The van der Waals surface area contributed by atoms with E-state index in [1.165, 1.54) is 11.3 Å². The molecular weight excluding hydrogens is 310 g/mol. The largest absolute Gasteiger partial charge is 0.350 e. The highest BCUT2D eigenvalue weighted by Gasteiger charge is 2.24. The molecule has 124 valence electrons. The van der Waals surface area contributed by atoms with Crippen LogP contribution in [0.25, 0.3) is 0 Å². The Hall–Kier alpha value is -2.08. The summed E-state index contributed by atoms with van der Waals surface area (Å²) in [6.45, 7) is 6.31. The van der Waals surface area contributed by atoms with E-state index in [9.17, 15) is 9.59 Å². The molecule has 0 saturated carbocycles. The molecule has 0 fully saturated rings. The molecule has 0 spiro atoms. The summed E-state index contributed by atoms with van der Waals surface area (Å²) in [5.74, 6) is -0.360. The molecule has 0 radical (unpaired) electrons. The number of carbonyl (C=O) groups excluding carboxylic acids is 2. The minimum Gasteiger partial charge on any atom is -0.350 e. The van der Waals surface area contributed by atoms with Crippen molar-refractivity contribution in [1.82, 2.24) is 15.2 Å². The molecule has 5 nitrogen and oxygen atoms in total. The fourth-order valence-electron chi connectivity index (χ4n) is 2.29. The molecule has 2 heterocycles. The molecule has 6 heteroatoms. The first kappa shape index (κ1) is 17.3. The first-order valence-corrected chi connectivity index (χ1v) is 8.51. The Bertz CT molecular complexity index is 674. The minimum atomic E-state index is -0.550. The first-order chi connectivity index (χ1) is 10.9. The van der Waals surface area contributed by atoms with Gasteiger partial charge < -0.3 is 15.2 Å². The molecule has 0 aliphatic rings. The lowest BCUT2D eigenvalue weighted by Gasteiger charge is -2.21. The van der Waals surface area contributed by atoms with Crippen LogP contribution in [0.4, 0.5) is 0 Å². The van der Waals surface area contributed by atoms with Gasteiger partial charge in [0.15, 0.2) is 0 Å². The third-order valence-corrected chi connectivity index (χ3v) is 4.77. The Morgan fingerprint density at radius 2 is 2.00 bits per heavy atom. The Balaban J connectivity index is 1.98. The van der Waals surface area contributed by atoms with Gasteiger partial charge in [-0.3, -0.25) is 9.59 Å². The quantitative estimate of drug-likeness (QED) is 0.853. The number of aryl methyl sites for hydroxylation is 1. The van der Waals surface area contributed by atoms with Crippen molar-refractivity contribution in [2.45, 2.75) is 33.4 Å². The predicted molar refractivity (Wildman–Crippen MR) is 92.4 cm³/mol. The smallest absolute Gasteiger partial charge is 0.262 e. The number of amides is 2. The summed E-state index contributed by atoms with van der Waals surface area (Å²) in [5.41, 5.74) is 2.17. The molecule has 1 atom stereocenters. The zero-order chi connectivity index (χ0) is 17.0. The van der Waals surface area contributed by atoms with Crippen LogP contribution in [0, 0.1) is 12.8 Å². The molecular formula is C17H23N3O2S. The monoisotopic (exact) mass is 333 g/mol. The van der Waals surface area contributed by atoms with Crippen LogP contribution in [0.2, 0.25) is 0 Å². The Morgan fingerprint density at radius 1 is 1.26 bits per heavy atom. The summed E-state index contributed by atoms with van der Waals surface area (Å²) in [5, 5.41) is 7.59. The summed E-state index contributed by atoms with van der Waals surface area (Å²) >= 11 is 1.36. The molecule has 0 aliphatic heterocycles. The average Bonchev–Trinajstić information content (AvgIpc) is 3.14. The van der Waals surface area contributed by atoms with Crippen LogP contribution in [0.5, 0.6) is 0 Å². The summed E-state index contributed by atoms with van der Waals surface area (Å²) in [6, 6.07) is 7.03. The van der Waals surface area contributed by atoms with Crippen molar-refractivity contribution in [3.8, 4) is 0 Å². The predicted octanol–water partition coefficient (Wildman–Crippen LogP) is 2.47. The van der Waals surface area contributed by atoms with E-state index in [1.54, 1.807) is 6.07 Å². The van der Waals surface area contributed by atoms with Crippen LogP contribution < -0.4 is 10.6 Å². The summed E-state index contributed by atoms with van der Waals surface area (Å²) < 4.78 is 2.04. The van der Waals surface area contributed by atoms with Gasteiger partial charge in [-0.1, -0.05) is 19.9 Å². The van der Waals surface area contributed by atoms with Gasteiger partial charge in [0.25, 0.3) is 5.91 Å². The lowest BCUT2D eigenvalue weighted by molar-refractivity contribution is -0.124. The molecule has 2 amide bonds. The van der Waals surface area contributed by atoms with Crippen molar-refractivity contribution in [1.29, 1.82) is 0 Å². The van der Waals surface area contributed by atoms with Gasteiger partial charge in [0.05, 0.1) is 11.4 Å². The van der Waals surface area contributed by atoms with E-state index < -0.39 is 6.04 Å².